The van der Waals surface area contributed by atoms with Gasteiger partial charge in [-0.15, -0.1) is 14.8 Å². The number of aliphatic hydroxyl groups excluding tert-OH is 1. The summed E-state index contributed by atoms with van der Waals surface area (Å²) in [6.45, 7) is 0.193. The van der Waals surface area contributed by atoms with Crippen molar-refractivity contribution >= 4 is 17.2 Å². The van der Waals surface area contributed by atoms with E-state index in [0.717, 1.165) is 0 Å². The third-order valence-electron chi connectivity index (χ3n) is 3.03. The van der Waals surface area contributed by atoms with E-state index in [1.165, 1.54) is 28.9 Å². The topological polar surface area (TPSA) is 131 Å². The van der Waals surface area contributed by atoms with E-state index in [1.54, 1.807) is 12.1 Å². The van der Waals surface area contributed by atoms with Gasteiger partial charge in [-0.05, 0) is 40.3 Å². The van der Waals surface area contributed by atoms with Gasteiger partial charge in [0.1, 0.15) is 5.82 Å². The Balaban J connectivity index is 1.65. The summed E-state index contributed by atoms with van der Waals surface area (Å²) >= 11 is 0. The van der Waals surface area contributed by atoms with E-state index in [4.69, 9.17) is 0 Å². The van der Waals surface area contributed by atoms with Gasteiger partial charge in [-0.2, -0.15) is 0 Å². The first-order chi connectivity index (χ1) is 10.6. The number of hydrogen-bond acceptors (Lipinski definition) is 8. The van der Waals surface area contributed by atoms with Crippen LogP contribution in [0.25, 0.3) is 5.65 Å². The van der Waals surface area contributed by atoms with Gasteiger partial charge in [0, 0.05) is 18.7 Å². The maximum atomic E-state index is 10.6. The lowest BCUT2D eigenvalue weighted by Gasteiger charge is -2.12. The van der Waals surface area contributed by atoms with E-state index in [1.807, 2.05) is 0 Å². The van der Waals surface area contributed by atoms with Crippen molar-refractivity contribution < 1.29 is 10.0 Å². The van der Waals surface area contributed by atoms with Crippen LogP contribution in [0.2, 0.25) is 0 Å². The molecule has 0 radical (unpaired) electrons. The molecule has 3 rings (SSSR count). The molecule has 2 N–H and O–H groups in total. The largest absolute Gasteiger partial charge is 0.387 e. The van der Waals surface area contributed by atoms with E-state index in [-0.39, 0.29) is 12.2 Å². The van der Waals surface area contributed by atoms with Crippen LogP contribution in [0.4, 0.5) is 11.5 Å². The van der Waals surface area contributed by atoms with Crippen LogP contribution in [0.3, 0.4) is 0 Å². The lowest BCUT2D eigenvalue weighted by molar-refractivity contribution is -0.384. The third kappa shape index (κ3) is 2.81. The minimum Gasteiger partial charge on any atom is -0.387 e. The minimum atomic E-state index is -0.827. The van der Waals surface area contributed by atoms with Crippen molar-refractivity contribution in [1.82, 2.24) is 25.3 Å². The Morgan fingerprint density at radius 2 is 2.05 bits per heavy atom. The van der Waals surface area contributed by atoms with Gasteiger partial charge in [0.05, 0.1) is 11.0 Å². The van der Waals surface area contributed by atoms with Crippen molar-refractivity contribution in [2.45, 2.75) is 6.10 Å². The van der Waals surface area contributed by atoms with Crippen molar-refractivity contribution in [2.24, 2.45) is 0 Å². The molecule has 0 bridgehead atoms. The summed E-state index contributed by atoms with van der Waals surface area (Å²) in [5.74, 6) is 0.501. The molecule has 1 aromatic carbocycles. The highest BCUT2D eigenvalue weighted by Crippen LogP contribution is 2.18. The SMILES string of the molecule is O=[N+]([O-])c1ccc([C@@H](O)CNc2ccc3nnnn3n2)cc1. The fourth-order valence-corrected chi connectivity index (χ4v) is 1.88. The number of nitrogens with one attached hydrogen (secondary N) is 1. The molecule has 0 unspecified atom stereocenters. The summed E-state index contributed by atoms with van der Waals surface area (Å²) in [5.41, 5.74) is 1.07. The number of fused-ring (bicyclic) bond motifs is 1. The molecular formula is C12H11N7O3. The number of benzene rings is 1. The lowest BCUT2D eigenvalue weighted by atomic mass is 10.1. The number of tetrazole rings is 1. The molecule has 1 atom stereocenters. The molecule has 0 aliphatic rings. The van der Waals surface area contributed by atoms with E-state index < -0.39 is 11.0 Å². The van der Waals surface area contributed by atoms with Gasteiger partial charge >= 0.3 is 0 Å². The molecule has 3 aromatic rings. The van der Waals surface area contributed by atoms with Crippen LogP contribution in [-0.2, 0) is 0 Å². The van der Waals surface area contributed by atoms with E-state index in [2.05, 4.69) is 25.9 Å². The first kappa shape index (κ1) is 13.8. The first-order valence-electron chi connectivity index (χ1n) is 6.35. The number of nitro benzene ring substituents is 1. The molecule has 0 aliphatic heterocycles. The summed E-state index contributed by atoms with van der Waals surface area (Å²) in [6, 6.07) is 9.11. The van der Waals surface area contributed by atoms with Crippen molar-refractivity contribution in [1.29, 1.82) is 0 Å². The summed E-state index contributed by atoms with van der Waals surface area (Å²) in [4.78, 5) is 10.1. The molecule has 2 aromatic heterocycles. The first-order valence-corrected chi connectivity index (χ1v) is 6.35. The van der Waals surface area contributed by atoms with Crippen LogP contribution in [0, 0.1) is 10.1 Å². The smallest absolute Gasteiger partial charge is 0.269 e. The zero-order valence-electron chi connectivity index (χ0n) is 11.2. The van der Waals surface area contributed by atoms with Gasteiger partial charge in [-0.25, -0.2) is 0 Å². The van der Waals surface area contributed by atoms with Crippen LogP contribution in [0.1, 0.15) is 11.7 Å². The predicted octanol–water partition coefficient (Wildman–Crippen LogP) is 0.573. The van der Waals surface area contributed by atoms with Gasteiger partial charge in [0.25, 0.3) is 5.69 Å². The molecule has 10 heteroatoms. The number of rotatable bonds is 5. The quantitative estimate of drug-likeness (QED) is 0.516. The monoisotopic (exact) mass is 301 g/mol. The van der Waals surface area contributed by atoms with Gasteiger partial charge in [0.2, 0.25) is 0 Å². The number of aliphatic hydroxyl groups is 1. The van der Waals surface area contributed by atoms with Crippen molar-refractivity contribution in [3.05, 3.63) is 52.1 Å². The third-order valence-corrected chi connectivity index (χ3v) is 3.03. The number of aromatic nitrogens is 5. The Morgan fingerprint density at radius 3 is 2.77 bits per heavy atom. The van der Waals surface area contributed by atoms with Crippen molar-refractivity contribution in [3.63, 3.8) is 0 Å². The molecule has 0 fully saturated rings. The molecule has 0 aliphatic carbocycles. The predicted molar refractivity (Wildman–Crippen MR) is 75.1 cm³/mol. The second-order valence-electron chi connectivity index (χ2n) is 4.49. The second kappa shape index (κ2) is 5.69. The van der Waals surface area contributed by atoms with E-state index in [9.17, 15) is 15.2 Å². The Bertz CT molecular complexity index is 802. The molecule has 10 nitrogen and oxygen atoms in total. The minimum absolute atomic E-state index is 0.0188. The highest BCUT2D eigenvalue weighted by Gasteiger charge is 2.11. The standard InChI is InChI=1S/C12H11N7O3/c20-10(8-1-3-9(4-2-8)19(21)22)7-13-11-5-6-12-14-16-17-18(12)15-11/h1-6,10,20H,7H2,(H,13,15)/t10-/m0/s1. The lowest BCUT2D eigenvalue weighted by Crippen LogP contribution is -2.14. The summed E-state index contributed by atoms with van der Waals surface area (Å²) < 4.78 is 1.26. The highest BCUT2D eigenvalue weighted by atomic mass is 16.6. The molecule has 0 spiro atoms. The number of nitrogens with zero attached hydrogens (tertiary/aromatic N) is 6. The van der Waals surface area contributed by atoms with Crippen LogP contribution < -0.4 is 5.32 Å². The molecular weight excluding hydrogens is 290 g/mol. The zero-order chi connectivity index (χ0) is 15.5. The summed E-state index contributed by atoms with van der Waals surface area (Å²) in [7, 11) is 0. The van der Waals surface area contributed by atoms with Gasteiger partial charge in [-0.3, -0.25) is 10.1 Å². The Kier molecular flexibility index (Phi) is 3.58. The molecule has 2 heterocycles. The van der Waals surface area contributed by atoms with Crippen LogP contribution in [0.15, 0.2) is 36.4 Å². The molecule has 112 valence electrons. The fourth-order valence-electron chi connectivity index (χ4n) is 1.88. The Morgan fingerprint density at radius 1 is 1.27 bits per heavy atom. The van der Waals surface area contributed by atoms with Crippen molar-refractivity contribution in [3.8, 4) is 0 Å². The van der Waals surface area contributed by atoms with E-state index >= 15 is 0 Å². The zero-order valence-corrected chi connectivity index (χ0v) is 11.2. The van der Waals surface area contributed by atoms with Crippen LogP contribution >= 0.6 is 0 Å². The number of nitro groups is 1. The Hall–Kier alpha value is -3.14. The summed E-state index contributed by atoms with van der Waals surface area (Å²) in [5, 5.41) is 38.6. The van der Waals surface area contributed by atoms with Gasteiger partial charge in [-0.1, -0.05) is 0 Å². The number of hydrogen-bond donors (Lipinski definition) is 2. The Labute approximate surface area is 123 Å². The molecule has 22 heavy (non-hydrogen) atoms. The number of non-ortho nitro benzene ring substituents is 1. The number of anilines is 1. The summed E-state index contributed by atoms with van der Waals surface area (Å²) in [6.07, 6.45) is -0.827. The van der Waals surface area contributed by atoms with Gasteiger partial charge in [0.15, 0.2) is 5.65 Å². The normalized spacial score (nSPS) is 12.2. The molecule has 0 saturated heterocycles. The van der Waals surface area contributed by atoms with Crippen molar-refractivity contribution in [2.75, 3.05) is 11.9 Å². The maximum absolute atomic E-state index is 10.6. The second-order valence-corrected chi connectivity index (χ2v) is 4.49. The molecule has 0 saturated carbocycles. The average Bonchev–Trinajstić information content (AvgIpc) is 3.00. The van der Waals surface area contributed by atoms with E-state index in [0.29, 0.717) is 17.0 Å². The molecule has 0 amide bonds. The maximum Gasteiger partial charge on any atom is 0.269 e. The average molecular weight is 301 g/mol. The van der Waals surface area contributed by atoms with Crippen LogP contribution in [0.5, 0.6) is 0 Å². The fraction of sp³-hybridized carbons (Fsp3) is 0.167. The van der Waals surface area contributed by atoms with Crippen LogP contribution in [-0.4, -0.2) is 41.8 Å². The highest BCUT2D eigenvalue weighted by molar-refractivity contribution is 5.42. The van der Waals surface area contributed by atoms with Gasteiger partial charge < -0.3 is 10.4 Å².